The van der Waals surface area contributed by atoms with Gasteiger partial charge in [-0.3, -0.25) is 4.68 Å². The third-order valence-corrected chi connectivity index (χ3v) is 4.38. The fourth-order valence-corrected chi connectivity index (χ4v) is 3.16. The minimum atomic E-state index is -0.0659. The Balaban J connectivity index is 0.00000210. The first-order valence-electron chi connectivity index (χ1n) is 8.67. The molecule has 1 atom stereocenters. The zero-order valence-electron chi connectivity index (χ0n) is 14.8. The molecule has 0 bridgehead atoms. The van der Waals surface area contributed by atoms with Gasteiger partial charge in [-0.05, 0) is 13.0 Å². The van der Waals surface area contributed by atoms with Gasteiger partial charge in [-0.1, -0.05) is 0 Å². The molecule has 4 rings (SSSR count). The molecule has 0 amide bonds. The molecule has 8 nitrogen and oxygen atoms in total. The molecule has 140 valence electrons. The maximum Gasteiger partial charge on any atom is 0.244 e. The van der Waals surface area contributed by atoms with Gasteiger partial charge in [-0.15, -0.1) is 0 Å². The fraction of sp³-hybridized carbons (Fsp3) is 0.471. The van der Waals surface area contributed by atoms with E-state index in [-0.39, 0.29) is 12.9 Å². The van der Waals surface area contributed by atoms with Crippen molar-refractivity contribution in [3.05, 3.63) is 24.7 Å². The Morgan fingerprint density at radius 2 is 2.19 bits per heavy atom. The van der Waals surface area contributed by atoms with Crippen LogP contribution in [0.15, 0.2) is 24.7 Å². The van der Waals surface area contributed by atoms with Crippen LogP contribution < -0.4 is 10.1 Å². The van der Waals surface area contributed by atoms with E-state index in [1.54, 1.807) is 10.9 Å². The number of hydrogen-bond donors (Lipinski definition) is 2. The van der Waals surface area contributed by atoms with E-state index >= 15 is 0 Å². The summed E-state index contributed by atoms with van der Waals surface area (Å²) in [5, 5.41) is 7.33. The molecule has 1 aliphatic heterocycles. The molecule has 0 spiro atoms. The number of anilines is 1. The summed E-state index contributed by atoms with van der Waals surface area (Å²) in [5.74, 6) is 1.07. The molecular weight excluding hydrogens is 352 g/mol. The summed E-state index contributed by atoms with van der Waals surface area (Å²) in [6.07, 6.45) is 7.50. The zero-order chi connectivity index (χ0) is 18.1. The number of aryl methyl sites for hydroxylation is 1. The van der Waals surface area contributed by atoms with Crippen LogP contribution in [-0.2, 0) is 11.8 Å². The molecule has 1 N–H and O–H groups in total. The third-order valence-electron chi connectivity index (χ3n) is 4.26. The average Bonchev–Trinajstić information content (AvgIpc) is 3.21. The van der Waals surface area contributed by atoms with Crippen molar-refractivity contribution in [1.29, 1.82) is 0 Å². The van der Waals surface area contributed by atoms with Crippen LogP contribution in [0.2, 0.25) is 0 Å². The number of rotatable bonds is 5. The lowest BCUT2D eigenvalue weighted by atomic mass is 10.1. The molecule has 1 fully saturated rings. The largest absolute Gasteiger partial charge is 0.473 e. The highest BCUT2D eigenvalue weighted by Crippen LogP contribution is 2.30. The van der Waals surface area contributed by atoms with Gasteiger partial charge in [0.25, 0.3) is 0 Å². The lowest BCUT2D eigenvalue weighted by Crippen LogP contribution is -2.26. The van der Waals surface area contributed by atoms with E-state index in [1.807, 2.05) is 37.0 Å². The van der Waals surface area contributed by atoms with Gasteiger partial charge in [0.2, 0.25) is 11.8 Å². The van der Waals surface area contributed by atoms with Crippen molar-refractivity contribution < 1.29 is 10.9 Å². The van der Waals surface area contributed by atoms with Crippen LogP contribution >= 0.6 is 12.6 Å². The number of ether oxygens (including phenoxy) is 2. The molecule has 1 saturated heterocycles. The van der Waals surface area contributed by atoms with Crippen molar-refractivity contribution in [2.75, 3.05) is 18.5 Å². The molecule has 3 aromatic heterocycles. The summed E-state index contributed by atoms with van der Waals surface area (Å²) in [4.78, 5) is 9.22. The Morgan fingerprint density at radius 1 is 1.38 bits per heavy atom. The van der Waals surface area contributed by atoms with E-state index in [4.69, 9.17) is 9.47 Å². The topological polar surface area (TPSA) is 79.0 Å². The summed E-state index contributed by atoms with van der Waals surface area (Å²) in [7, 11) is 1.89. The SMILES string of the molecule is CC(S)Nc1nc(OC2CCOCC2)c2c(ccn2-c2cnn(C)c2)n1.[HH]. The monoisotopic (exact) mass is 376 g/mol. The maximum absolute atomic E-state index is 6.27. The van der Waals surface area contributed by atoms with Gasteiger partial charge in [-0.2, -0.15) is 22.7 Å². The second-order valence-corrected chi connectivity index (χ2v) is 7.17. The van der Waals surface area contributed by atoms with Crippen LogP contribution in [-0.4, -0.2) is 49.0 Å². The Hall–Kier alpha value is -2.26. The molecule has 9 heteroatoms. The van der Waals surface area contributed by atoms with Crippen molar-refractivity contribution in [2.24, 2.45) is 7.05 Å². The van der Waals surface area contributed by atoms with Gasteiger partial charge in [-0.25, -0.2) is 4.98 Å². The quantitative estimate of drug-likeness (QED) is 0.526. The molecule has 0 aromatic carbocycles. The van der Waals surface area contributed by atoms with E-state index in [0.717, 1.165) is 29.6 Å². The van der Waals surface area contributed by atoms with Gasteiger partial charge in [0.15, 0.2) is 0 Å². The van der Waals surface area contributed by atoms with E-state index < -0.39 is 0 Å². The molecule has 0 aliphatic carbocycles. The fourth-order valence-electron chi connectivity index (χ4n) is 3.05. The van der Waals surface area contributed by atoms with E-state index in [9.17, 15) is 0 Å². The van der Waals surface area contributed by atoms with E-state index in [0.29, 0.717) is 25.0 Å². The van der Waals surface area contributed by atoms with E-state index in [1.165, 1.54) is 0 Å². The highest BCUT2D eigenvalue weighted by molar-refractivity contribution is 7.81. The number of aromatic nitrogens is 5. The third kappa shape index (κ3) is 3.49. The maximum atomic E-state index is 6.27. The predicted molar refractivity (Wildman–Crippen MR) is 104 cm³/mol. The minimum absolute atomic E-state index is 0. The van der Waals surface area contributed by atoms with Gasteiger partial charge in [0, 0.05) is 33.7 Å². The zero-order valence-corrected chi connectivity index (χ0v) is 15.7. The molecule has 0 saturated carbocycles. The summed E-state index contributed by atoms with van der Waals surface area (Å²) in [5.41, 5.74) is 2.58. The van der Waals surface area contributed by atoms with Crippen molar-refractivity contribution in [1.82, 2.24) is 24.3 Å². The van der Waals surface area contributed by atoms with Crippen LogP contribution in [0.25, 0.3) is 16.7 Å². The van der Waals surface area contributed by atoms with Crippen molar-refractivity contribution in [3.63, 3.8) is 0 Å². The lowest BCUT2D eigenvalue weighted by molar-refractivity contribution is 0.0243. The van der Waals surface area contributed by atoms with Crippen LogP contribution in [0.1, 0.15) is 21.2 Å². The van der Waals surface area contributed by atoms with Gasteiger partial charge in [0.1, 0.15) is 11.6 Å². The molecule has 3 aromatic rings. The Bertz CT molecular complexity index is 906. The summed E-state index contributed by atoms with van der Waals surface area (Å²) < 4.78 is 15.5. The molecule has 26 heavy (non-hydrogen) atoms. The van der Waals surface area contributed by atoms with E-state index in [2.05, 4.69) is 33.0 Å². The summed E-state index contributed by atoms with van der Waals surface area (Å²) >= 11 is 4.37. The average molecular weight is 376 g/mol. The Labute approximate surface area is 158 Å². The number of fused-ring (bicyclic) bond motifs is 1. The Morgan fingerprint density at radius 3 is 2.88 bits per heavy atom. The van der Waals surface area contributed by atoms with Crippen LogP contribution in [0, 0.1) is 0 Å². The molecule has 4 heterocycles. The van der Waals surface area contributed by atoms with Crippen molar-refractivity contribution in [2.45, 2.75) is 31.2 Å². The normalized spacial score (nSPS) is 16.7. The van der Waals surface area contributed by atoms with Crippen LogP contribution in [0.4, 0.5) is 5.95 Å². The second-order valence-electron chi connectivity index (χ2n) is 6.39. The first kappa shape index (κ1) is 17.2. The van der Waals surface area contributed by atoms with Crippen molar-refractivity contribution in [3.8, 4) is 11.6 Å². The molecule has 1 unspecified atom stereocenters. The van der Waals surface area contributed by atoms with Crippen molar-refractivity contribution >= 4 is 29.6 Å². The highest BCUT2D eigenvalue weighted by Gasteiger charge is 2.21. The minimum Gasteiger partial charge on any atom is -0.473 e. The molecule has 0 radical (unpaired) electrons. The molecular formula is C17H24N6O2S. The first-order valence-corrected chi connectivity index (χ1v) is 9.19. The lowest BCUT2D eigenvalue weighted by Gasteiger charge is -2.23. The smallest absolute Gasteiger partial charge is 0.244 e. The van der Waals surface area contributed by atoms with Gasteiger partial charge < -0.3 is 19.4 Å². The highest BCUT2D eigenvalue weighted by atomic mass is 32.1. The summed E-state index contributed by atoms with van der Waals surface area (Å²) in [6, 6.07) is 1.95. The van der Waals surface area contributed by atoms with Gasteiger partial charge in [0.05, 0.1) is 36.0 Å². The van der Waals surface area contributed by atoms with Crippen LogP contribution in [0.3, 0.4) is 0 Å². The predicted octanol–water partition coefficient (Wildman–Crippen LogP) is 2.65. The standard InChI is InChI=1S/C17H22N6O2S.H2/c1-11(26)19-17-20-14-3-6-23(12-9-18-22(2)10-12)15(14)16(21-17)25-13-4-7-24-8-5-13;/h3,6,9-11,13,26H,4-5,7-8H2,1-2H3,(H,19,20,21);1H. The number of thiol groups is 1. The number of hydrogen-bond acceptors (Lipinski definition) is 7. The van der Waals surface area contributed by atoms with Gasteiger partial charge >= 0.3 is 0 Å². The number of nitrogens with zero attached hydrogens (tertiary/aromatic N) is 5. The summed E-state index contributed by atoms with van der Waals surface area (Å²) in [6.45, 7) is 3.35. The molecule has 1 aliphatic rings. The first-order chi connectivity index (χ1) is 12.6. The Kier molecular flexibility index (Phi) is 4.73. The second kappa shape index (κ2) is 7.16. The van der Waals surface area contributed by atoms with Crippen LogP contribution in [0.5, 0.6) is 5.88 Å². The number of nitrogens with one attached hydrogen (secondary N) is 1.